The van der Waals surface area contributed by atoms with Crippen molar-refractivity contribution in [2.45, 2.75) is 19.3 Å². The highest BCUT2D eigenvalue weighted by molar-refractivity contribution is 9.10. The van der Waals surface area contributed by atoms with E-state index in [0.717, 1.165) is 5.57 Å². The van der Waals surface area contributed by atoms with Gasteiger partial charge in [-0.25, -0.2) is 8.78 Å². The Morgan fingerprint density at radius 2 is 2.00 bits per heavy atom. The molecule has 0 aromatic heterocycles. The second-order valence-corrected chi connectivity index (χ2v) is 8.31. The van der Waals surface area contributed by atoms with Gasteiger partial charge in [0.15, 0.2) is 0 Å². The van der Waals surface area contributed by atoms with Gasteiger partial charge < -0.3 is 15.0 Å². The van der Waals surface area contributed by atoms with Crippen molar-refractivity contribution in [2.24, 2.45) is 0 Å². The molecule has 2 aromatic carbocycles. The van der Waals surface area contributed by atoms with Crippen LogP contribution in [0.25, 0.3) is 0 Å². The number of halogens is 4. The first-order chi connectivity index (χ1) is 13.9. The van der Waals surface area contributed by atoms with Gasteiger partial charge in [-0.3, -0.25) is 4.79 Å². The second kappa shape index (κ2) is 8.32. The third-order valence-electron chi connectivity index (χ3n) is 5.12. The normalized spacial score (nSPS) is 16.2. The van der Waals surface area contributed by atoms with Crippen molar-refractivity contribution < 1.29 is 18.3 Å². The number of benzene rings is 2. The van der Waals surface area contributed by atoms with Gasteiger partial charge in [-0.15, -0.1) is 0 Å². The lowest BCUT2D eigenvalue weighted by molar-refractivity contribution is -0.116. The zero-order valence-electron chi connectivity index (χ0n) is 15.4. The number of nitrogens with zero attached hydrogens (tertiary/aromatic N) is 1. The number of anilines is 2. The molecule has 2 aromatic rings. The third-order valence-corrected chi connectivity index (χ3v) is 5.98. The van der Waals surface area contributed by atoms with Crippen LogP contribution in [0.4, 0.5) is 20.2 Å². The van der Waals surface area contributed by atoms with Gasteiger partial charge in [-0.1, -0.05) is 33.6 Å². The zero-order chi connectivity index (χ0) is 20.5. The van der Waals surface area contributed by atoms with E-state index in [-0.39, 0.29) is 16.7 Å². The third kappa shape index (κ3) is 4.26. The molecule has 29 heavy (non-hydrogen) atoms. The summed E-state index contributed by atoms with van der Waals surface area (Å²) >= 11 is 9.26. The van der Waals surface area contributed by atoms with Crippen LogP contribution in [0.2, 0.25) is 5.02 Å². The van der Waals surface area contributed by atoms with Gasteiger partial charge in [-0.2, -0.15) is 0 Å². The highest BCUT2D eigenvalue weighted by Crippen LogP contribution is 2.39. The van der Waals surface area contributed by atoms with Gasteiger partial charge in [0, 0.05) is 35.6 Å². The number of hydrogen-bond donors (Lipinski definition) is 1. The minimum Gasteiger partial charge on any atom is -0.489 e. The van der Waals surface area contributed by atoms with Crippen molar-refractivity contribution in [3.8, 4) is 5.75 Å². The van der Waals surface area contributed by atoms with Crippen molar-refractivity contribution in [1.29, 1.82) is 0 Å². The summed E-state index contributed by atoms with van der Waals surface area (Å²) in [6.45, 7) is 1.54. The molecule has 2 heterocycles. The Labute approximate surface area is 180 Å². The molecule has 0 bridgehead atoms. The van der Waals surface area contributed by atoms with Crippen molar-refractivity contribution in [3.63, 3.8) is 0 Å². The smallest absolute Gasteiger partial charge is 0.224 e. The summed E-state index contributed by atoms with van der Waals surface area (Å²) in [6, 6.07) is 6.30. The summed E-state index contributed by atoms with van der Waals surface area (Å²) in [5.41, 5.74) is 2.63. The van der Waals surface area contributed by atoms with Crippen LogP contribution in [-0.2, 0) is 11.2 Å². The highest BCUT2D eigenvalue weighted by atomic mass is 79.9. The molecule has 1 N–H and O–H groups in total. The maximum Gasteiger partial charge on any atom is 0.224 e. The molecule has 152 valence electrons. The molecule has 0 spiro atoms. The number of amides is 1. The molecule has 0 saturated carbocycles. The summed E-state index contributed by atoms with van der Waals surface area (Å²) < 4.78 is 34.9. The van der Waals surface area contributed by atoms with Crippen molar-refractivity contribution in [2.75, 3.05) is 29.9 Å². The van der Waals surface area contributed by atoms with E-state index in [2.05, 4.69) is 21.2 Å². The lowest BCUT2D eigenvalue weighted by atomic mass is 10.0. The average molecular weight is 484 g/mol. The van der Waals surface area contributed by atoms with E-state index in [1.807, 2.05) is 17.0 Å². The number of nitrogens with one attached hydrogen (secondary N) is 1. The van der Waals surface area contributed by atoms with Crippen LogP contribution in [0, 0.1) is 11.6 Å². The average Bonchev–Trinajstić information content (AvgIpc) is 2.70. The van der Waals surface area contributed by atoms with E-state index in [1.54, 1.807) is 6.07 Å². The minimum atomic E-state index is -0.628. The van der Waals surface area contributed by atoms with Crippen LogP contribution in [0.1, 0.15) is 18.4 Å². The van der Waals surface area contributed by atoms with Gasteiger partial charge >= 0.3 is 0 Å². The van der Waals surface area contributed by atoms with Crippen LogP contribution >= 0.6 is 27.5 Å². The SMILES string of the molecule is O=C1CCc2c(OCC3=CCN(c4ccc(Br)cc4F)CC3)cc(F)c(Cl)c2N1. The Morgan fingerprint density at radius 3 is 2.72 bits per heavy atom. The molecule has 1 amide bonds. The number of fused-ring (bicyclic) bond motifs is 1. The van der Waals surface area contributed by atoms with E-state index in [4.69, 9.17) is 16.3 Å². The number of rotatable bonds is 4. The number of ether oxygens (including phenoxy) is 1. The lowest BCUT2D eigenvalue weighted by Gasteiger charge is -2.29. The molecule has 8 heteroatoms. The van der Waals surface area contributed by atoms with E-state index in [0.29, 0.717) is 66.1 Å². The predicted molar refractivity (Wildman–Crippen MR) is 113 cm³/mol. The Morgan fingerprint density at radius 1 is 1.17 bits per heavy atom. The van der Waals surface area contributed by atoms with E-state index in [1.165, 1.54) is 12.1 Å². The quantitative estimate of drug-likeness (QED) is 0.586. The van der Waals surface area contributed by atoms with E-state index in [9.17, 15) is 13.6 Å². The Bertz CT molecular complexity index is 1010. The molecule has 0 aliphatic carbocycles. The fourth-order valence-electron chi connectivity index (χ4n) is 3.56. The largest absolute Gasteiger partial charge is 0.489 e. The monoisotopic (exact) mass is 482 g/mol. The molecular weight excluding hydrogens is 466 g/mol. The van der Waals surface area contributed by atoms with Crippen molar-refractivity contribution in [1.82, 2.24) is 0 Å². The summed E-state index contributed by atoms with van der Waals surface area (Å²) in [6.07, 6.45) is 3.48. The molecule has 0 atom stereocenters. The van der Waals surface area contributed by atoms with E-state index >= 15 is 0 Å². The van der Waals surface area contributed by atoms with Crippen molar-refractivity contribution >= 4 is 44.8 Å². The molecule has 0 unspecified atom stereocenters. The van der Waals surface area contributed by atoms with Gasteiger partial charge in [0.05, 0.1) is 11.4 Å². The van der Waals surface area contributed by atoms with Crippen molar-refractivity contribution in [3.05, 3.63) is 62.6 Å². The second-order valence-electron chi connectivity index (χ2n) is 7.02. The maximum absolute atomic E-state index is 14.2. The lowest BCUT2D eigenvalue weighted by Crippen LogP contribution is -2.30. The first kappa shape index (κ1) is 20.2. The summed E-state index contributed by atoms with van der Waals surface area (Å²) in [4.78, 5) is 13.6. The minimum absolute atomic E-state index is 0.0931. The molecule has 4 rings (SSSR count). The fourth-order valence-corrected chi connectivity index (χ4v) is 4.11. The number of carbonyl (C=O) groups is 1. The van der Waals surface area contributed by atoms with Crippen LogP contribution < -0.4 is 15.0 Å². The van der Waals surface area contributed by atoms with Gasteiger partial charge in [0.25, 0.3) is 0 Å². The van der Waals surface area contributed by atoms with Crippen LogP contribution in [0.15, 0.2) is 40.4 Å². The van der Waals surface area contributed by atoms with Crippen LogP contribution in [0.3, 0.4) is 0 Å². The standard InChI is InChI=1S/C21H18BrClF2N2O2/c22-13-1-3-17(15(24)9-13)27-7-5-12(6-8-27)11-29-18-10-16(25)20(23)21-14(18)2-4-19(28)26-21/h1,3,5,9-10H,2,4,6-8,11H2,(H,26,28). The Hall–Kier alpha value is -2.12. The molecule has 4 nitrogen and oxygen atoms in total. The molecular formula is C21H18BrClF2N2O2. The number of hydrogen-bond acceptors (Lipinski definition) is 3. The Balaban J connectivity index is 1.45. The van der Waals surface area contributed by atoms with Gasteiger partial charge in [-0.05, 0) is 36.6 Å². The summed E-state index contributed by atoms with van der Waals surface area (Å²) in [7, 11) is 0. The van der Waals surface area contributed by atoms with Gasteiger partial charge in [0.1, 0.15) is 29.0 Å². The molecule has 0 radical (unpaired) electrons. The summed E-state index contributed by atoms with van der Waals surface area (Å²) in [5, 5.41) is 2.54. The van der Waals surface area contributed by atoms with E-state index < -0.39 is 5.82 Å². The van der Waals surface area contributed by atoms with Crippen LogP contribution in [0.5, 0.6) is 5.75 Å². The summed E-state index contributed by atoms with van der Waals surface area (Å²) in [5.74, 6) is -0.690. The van der Waals surface area contributed by atoms with Gasteiger partial charge in [0.2, 0.25) is 5.91 Å². The number of carbonyl (C=O) groups excluding carboxylic acids is 1. The maximum atomic E-state index is 14.2. The highest BCUT2D eigenvalue weighted by Gasteiger charge is 2.24. The first-order valence-electron chi connectivity index (χ1n) is 9.24. The zero-order valence-corrected chi connectivity index (χ0v) is 17.7. The Kier molecular flexibility index (Phi) is 5.79. The molecule has 2 aliphatic rings. The van der Waals surface area contributed by atoms with Crippen LogP contribution in [-0.4, -0.2) is 25.6 Å². The topological polar surface area (TPSA) is 41.6 Å². The molecule has 2 aliphatic heterocycles. The predicted octanol–water partition coefficient (Wildman–Crippen LogP) is 5.48. The molecule has 0 saturated heterocycles. The fraction of sp³-hybridized carbons (Fsp3) is 0.286. The first-order valence-corrected chi connectivity index (χ1v) is 10.4. The molecule has 0 fully saturated rings.